The quantitative estimate of drug-likeness (QED) is 0.320. The van der Waals surface area contributed by atoms with E-state index in [0.29, 0.717) is 5.56 Å². The van der Waals surface area contributed by atoms with Gasteiger partial charge in [-0.05, 0) is 66.9 Å². The summed E-state index contributed by atoms with van der Waals surface area (Å²) in [5, 5.41) is 9.96. The second-order valence-corrected chi connectivity index (χ2v) is 9.46. The first kappa shape index (κ1) is 25.3. The molecule has 2 aromatic heterocycles. The highest BCUT2D eigenvalue weighted by atomic mass is 19.4. The molecule has 0 radical (unpaired) electrons. The number of hydrogen-bond donors (Lipinski definition) is 2. The lowest BCUT2D eigenvalue weighted by molar-refractivity contribution is -0.137. The Balaban J connectivity index is 1.26. The van der Waals surface area contributed by atoms with Crippen LogP contribution in [0.1, 0.15) is 39.4 Å². The van der Waals surface area contributed by atoms with Gasteiger partial charge in [-0.1, -0.05) is 12.1 Å². The zero-order valence-electron chi connectivity index (χ0n) is 21.0. The van der Waals surface area contributed by atoms with Crippen molar-refractivity contribution in [2.45, 2.75) is 25.4 Å². The maximum absolute atomic E-state index is 13.0. The Morgan fingerprint density at radius 1 is 1.05 bits per heavy atom. The van der Waals surface area contributed by atoms with Crippen LogP contribution < -0.4 is 15.5 Å². The summed E-state index contributed by atoms with van der Waals surface area (Å²) < 4.78 is 40.8. The van der Waals surface area contributed by atoms with Crippen molar-refractivity contribution in [1.82, 2.24) is 14.8 Å². The molecule has 5 rings (SSSR count). The molecule has 1 fully saturated rings. The number of nitrogens with one attached hydrogen (secondary N) is 2. The number of anilines is 4. The number of amides is 1. The van der Waals surface area contributed by atoms with Crippen LogP contribution in [0.25, 0.3) is 0 Å². The molecule has 1 atom stereocenters. The lowest BCUT2D eigenvalue weighted by atomic mass is 9.92. The Kier molecular flexibility index (Phi) is 6.79. The Labute approximate surface area is 218 Å². The topological polar surface area (TPSA) is 75.1 Å². The number of pyridine rings is 1. The minimum atomic E-state index is -4.47. The van der Waals surface area contributed by atoms with Crippen molar-refractivity contribution in [1.29, 1.82) is 0 Å². The summed E-state index contributed by atoms with van der Waals surface area (Å²) in [6.07, 6.45) is 1.88. The Bertz CT molecular complexity index is 1450. The highest BCUT2D eigenvalue weighted by Gasteiger charge is 2.30. The first-order valence-corrected chi connectivity index (χ1v) is 12.2. The number of carbonyl (C=O) groups is 1. The van der Waals surface area contributed by atoms with E-state index in [0.717, 1.165) is 60.0 Å². The zero-order chi connectivity index (χ0) is 26.9. The van der Waals surface area contributed by atoms with E-state index in [-0.39, 0.29) is 11.6 Å². The minimum Gasteiger partial charge on any atom is -0.370 e. The summed E-state index contributed by atoms with van der Waals surface area (Å²) >= 11 is 0. The van der Waals surface area contributed by atoms with Crippen LogP contribution in [-0.4, -0.2) is 33.8 Å². The average molecular weight is 521 g/mol. The van der Waals surface area contributed by atoms with Gasteiger partial charge in [0.25, 0.3) is 5.91 Å². The van der Waals surface area contributed by atoms with Crippen LogP contribution >= 0.6 is 0 Å². The number of aromatic nitrogens is 3. The van der Waals surface area contributed by atoms with E-state index >= 15 is 0 Å². The number of aryl methyl sites for hydroxylation is 2. The summed E-state index contributed by atoms with van der Waals surface area (Å²) in [5.74, 6) is 0.499. The molecule has 1 saturated heterocycles. The van der Waals surface area contributed by atoms with Crippen molar-refractivity contribution in [3.8, 4) is 0 Å². The largest absolute Gasteiger partial charge is 0.416 e. The molecule has 1 unspecified atom stereocenters. The van der Waals surface area contributed by atoms with Crippen molar-refractivity contribution < 1.29 is 18.0 Å². The van der Waals surface area contributed by atoms with E-state index < -0.39 is 17.6 Å². The number of alkyl halides is 3. The van der Waals surface area contributed by atoms with Gasteiger partial charge in [0.2, 0.25) is 0 Å². The smallest absolute Gasteiger partial charge is 0.370 e. The highest BCUT2D eigenvalue weighted by molar-refractivity contribution is 6.04. The molecule has 0 saturated carbocycles. The van der Waals surface area contributed by atoms with E-state index in [1.165, 1.54) is 12.1 Å². The van der Waals surface area contributed by atoms with E-state index in [1.54, 1.807) is 16.9 Å². The monoisotopic (exact) mass is 520 g/mol. The lowest BCUT2D eigenvalue weighted by Crippen LogP contribution is -2.20. The van der Waals surface area contributed by atoms with Gasteiger partial charge in [0.05, 0.1) is 29.3 Å². The SMILES string of the molecule is Cc1ccc(C(=O)Nc2cccc(C(F)(F)F)c2)cc1C1CCN(c2ccc(Nc3cnn(C)c3)nc2)C1. The van der Waals surface area contributed by atoms with Crippen molar-refractivity contribution in [2.24, 2.45) is 7.05 Å². The molecule has 0 aliphatic carbocycles. The summed E-state index contributed by atoms with van der Waals surface area (Å²) in [7, 11) is 1.85. The van der Waals surface area contributed by atoms with Crippen molar-refractivity contribution in [3.63, 3.8) is 0 Å². The van der Waals surface area contributed by atoms with Crippen LogP contribution in [0, 0.1) is 6.92 Å². The van der Waals surface area contributed by atoms with Gasteiger partial charge >= 0.3 is 6.18 Å². The van der Waals surface area contributed by atoms with Gasteiger partial charge in [-0.15, -0.1) is 0 Å². The molecule has 38 heavy (non-hydrogen) atoms. The number of nitrogens with zero attached hydrogens (tertiary/aromatic N) is 4. The molecule has 7 nitrogen and oxygen atoms in total. The summed E-state index contributed by atoms with van der Waals surface area (Å²) in [5.41, 5.74) is 3.72. The molecule has 1 amide bonds. The minimum absolute atomic E-state index is 0.105. The van der Waals surface area contributed by atoms with Crippen LogP contribution in [0.15, 0.2) is 73.2 Å². The molecule has 3 heterocycles. The fraction of sp³-hybridized carbons (Fsp3) is 0.250. The van der Waals surface area contributed by atoms with E-state index in [1.807, 2.05) is 50.6 Å². The van der Waals surface area contributed by atoms with Crippen LogP contribution in [0.4, 0.5) is 36.1 Å². The van der Waals surface area contributed by atoms with Gasteiger partial charge in [-0.2, -0.15) is 18.3 Å². The number of carbonyl (C=O) groups excluding carboxylic acids is 1. The molecule has 4 aromatic rings. The van der Waals surface area contributed by atoms with Gasteiger partial charge in [-0.25, -0.2) is 4.98 Å². The van der Waals surface area contributed by atoms with Crippen LogP contribution in [0.2, 0.25) is 0 Å². The Morgan fingerprint density at radius 2 is 1.89 bits per heavy atom. The summed E-state index contributed by atoms with van der Waals surface area (Å²) in [6.45, 7) is 3.63. The maximum Gasteiger partial charge on any atom is 0.416 e. The zero-order valence-corrected chi connectivity index (χ0v) is 21.0. The van der Waals surface area contributed by atoms with Crippen LogP contribution in [0.3, 0.4) is 0 Å². The summed E-state index contributed by atoms with van der Waals surface area (Å²) in [6, 6.07) is 14.0. The van der Waals surface area contributed by atoms with Crippen LogP contribution in [-0.2, 0) is 13.2 Å². The second kappa shape index (κ2) is 10.2. The molecule has 2 N–H and O–H groups in total. The molecule has 0 bridgehead atoms. The fourth-order valence-corrected chi connectivity index (χ4v) is 4.73. The number of rotatable bonds is 6. The highest BCUT2D eigenvalue weighted by Crippen LogP contribution is 2.34. The van der Waals surface area contributed by atoms with Crippen LogP contribution in [0.5, 0.6) is 0 Å². The van der Waals surface area contributed by atoms with Gasteiger partial charge in [0.1, 0.15) is 5.82 Å². The molecular weight excluding hydrogens is 493 g/mol. The third-order valence-corrected chi connectivity index (χ3v) is 6.71. The normalized spacial score (nSPS) is 15.5. The fourth-order valence-electron chi connectivity index (χ4n) is 4.73. The third-order valence-electron chi connectivity index (χ3n) is 6.71. The second-order valence-electron chi connectivity index (χ2n) is 9.46. The molecule has 10 heteroatoms. The maximum atomic E-state index is 13.0. The molecule has 196 valence electrons. The van der Waals surface area contributed by atoms with E-state index in [2.05, 4.69) is 25.6 Å². The Morgan fingerprint density at radius 3 is 2.61 bits per heavy atom. The summed E-state index contributed by atoms with van der Waals surface area (Å²) in [4.78, 5) is 19.7. The average Bonchev–Trinajstić information content (AvgIpc) is 3.54. The molecule has 1 aliphatic heterocycles. The first-order chi connectivity index (χ1) is 18.2. The number of benzene rings is 2. The predicted molar refractivity (Wildman–Crippen MR) is 141 cm³/mol. The predicted octanol–water partition coefficient (Wildman–Crippen LogP) is 6.13. The molecule has 2 aromatic carbocycles. The molecular formula is C28H27F3N6O. The van der Waals surface area contributed by atoms with Crippen molar-refractivity contribution in [3.05, 3.63) is 95.4 Å². The van der Waals surface area contributed by atoms with Crippen molar-refractivity contribution in [2.75, 3.05) is 28.6 Å². The number of hydrogen-bond acceptors (Lipinski definition) is 5. The lowest BCUT2D eigenvalue weighted by Gasteiger charge is -2.20. The third kappa shape index (κ3) is 5.64. The Hall–Kier alpha value is -4.34. The number of halogens is 3. The first-order valence-electron chi connectivity index (χ1n) is 12.2. The van der Waals surface area contributed by atoms with Gasteiger partial charge < -0.3 is 15.5 Å². The standard InChI is InChI=1S/C28H27F3N6O/c1-18-6-7-19(27(38)35-22-5-3-4-21(13-22)28(29,30)31)12-25(18)20-10-11-37(16-20)24-8-9-26(32-15-24)34-23-14-33-36(2)17-23/h3-9,12-15,17,20H,10-11,16H2,1-2H3,(H,32,34)(H,35,38). The van der Waals surface area contributed by atoms with E-state index in [9.17, 15) is 18.0 Å². The van der Waals surface area contributed by atoms with Gasteiger partial charge in [0.15, 0.2) is 0 Å². The molecule has 1 aliphatic rings. The van der Waals surface area contributed by atoms with Crippen molar-refractivity contribution >= 4 is 28.8 Å². The molecule has 0 spiro atoms. The van der Waals surface area contributed by atoms with Gasteiger partial charge in [0, 0.05) is 43.5 Å². The van der Waals surface area contributed by atoms with Gasteiger partial charge in [-0.3, -0.25) is 9.48 Å². The van der Waals surface area contributed by atoms with E-state index in [4.69, 9.17) is 0 Å².